The fraction of sp³-hybridized carbons (Fsp3) is 0.458. The Kier molecular flexibility index (Phi) is 6.39. The summed E-state index contributed by atoms with van der Waals surface area (Å²) in [6.07, 6.45) is 4.55. The van der Waals surface area contributed by atoms with Crippen molar-refractivity contribution in [2.24, 2.45) is 5.92 Å². The molecule has 0 amide bonds. The first-order valence-corrected chi connectivity index (χ1v) is 10.9. The van der Waals surface area contributed by atoms with Gasteiger partial charge >= 0.3 is 6.18 Å². The molecule has 0 bridgehead atoms. The lowest BCUT2D eigenvalue weighted by Crippen LogP contribution is -2.17. The molecule has 1 aliphatic rings. The van der Waals surface area contributed by atoms with Crippen molar-refractivity contribution in [3.05, 3.63) is 65.1 Å². The Bertz CT molecular complexity index is 1010. The summed E-state index contributed by atoms with van der Waals surface area (Å²) in [6.45, 7) is 2.32. The summed E-state index contributed by atoms with van der Waals surface area (Å²) in [4.78, 5) is 4.43. The summed E-state index contributed by atoms with van der Waals surface area (Å²) in [7, 11) is 0. The molecule has 0 unspecified atom stereocenters. The number of alkyl halides is 3. The molecule has 3 aromatic rings. The molecule has 164 valence electrons. The van der Waals surface area contributed by atoms with E-state index >= 15 is 0 Å². The topological polar surface area (TPSA) is 43.6 Å². The zero-order valence-corrected chi connectivity index (χ0v) is 17.7. The van der Waals surface area contributed by atoms with Crippen LogP contribution in [0.3, 0.4) is 0 Å². The van der Waals surface area contributed by atoms with Crippen LogP contribution in [-0.4, -0.2) is 19.7 Å². The van der Waals surface area contributed by atoms with Crippen LogP contribution in [-0.2, 0) is 25.6 Å². The summed E-state index contributed by atoms with van der Waals surface area (Å²) in [5, 5.41) is 8.82. The minimum Gasteiger partial charge on any atom is -0.309 e. The van der Waals surface area contributed by atoms with Crippen molar-refractivity contribution < 1.29 is 13.2 Å². The largest absolute Gasteiger partial charge is 0.416 e. The lowest BCUT2D eigenvalue weighted by molar-refractivity contribution is -0.138. The summed E-state index contributed by atoms with van der Waals surface area (Å²) in [5.41, 5.74) is 1.10. The third-order valence-corrected chi connectivity index (χ3v) is 6.13. The van der Waals surface area contributed by atoms with Crippen molar-refractivity contribution in [3.8, 4) is 11.5 Å². The highest BCUT2D eigenvalue weighted by atomic mass is 19.4. The number of aryl methyl sites for hydroxylation is 3. The SMILES string of the molecule is Cc1ccc(CCc2nnc(-c3ccccn3)n2CC2CCCCC2)cc1C(F)(F)F. The van der Waals surface area contributed by atoms with Gasteiger partial charge in [0, 0.05) is 19.2 Å². The number of aromatic nitrogens is 4. The first-order valence-electron chi connectivity index (χ1n) is 10.9. The molecule has 0 atom stereocenters. The highest BCUT2D eigenvalue weighted by Crippen LogP contribution is 2.33. The Morgan fingerprint density at radius 1 is 1.00 bits per heavy atom. The number of nitrogens with zero attached hydrogens (tertiary/aromatic N) is 4. The summed E-state index contributed by atoms with van der Waals surface area (Å²) >= 11 is 0. The van der Waals surface area contributed by atoms with Gasteiger partial charge in [0.25, 0.3) is 0 Å². The van der Waals surface area contributed by atoms with Crippen LogP contribution in [0, 0.1) is 12.8 Å². The summed E-state index contributed by atoms with van der Waals surface area (Å²) < 4.78 is 42.0. The van der Waals surface area contributed by atoms with Gasteiger partial charge in [0.05, 0.1) is 5.56 Å². The van der Waals surface area contributed by atoms with Gasteiger partial charge in [-0.05, 0) is 61.4 Å². The van der Waals surface area contributed by atoms with E-state index < -0.39 is 11.7 Å². The molecule has 2 aromatic heterocycles. The normalized spacial score (nSPS) is 15.4. The fourth-order valence-electron chi connectivity index (χ4n) is 4.41. The van der Waals surface area contributed by atoms with E-state index in [-0.39, 0.29) is 5.56 Å². The molecule has 7 heteroatoms. The van der Waals surface area contributed by atoms with E-state index in [1.807, 2.05) is 18.2 Å². The maximum Gasteiger partial charge on any atom is 0.416 e. The molecular formula is C24H27F3N4. The van der Waals surface area contributed by atoms with E-state index in [4.69, 9.17) is 0 Å². The molecule has 0 radical (unpaired) electrons. The van der Waals surface area contributed by atoms with Crippen LogP contribution in [0.4, 0.5) is 13.2 Å². The van der Waals surface area contributed by atoms with Crippen molar-refractivity contribution >= 4 is 0 Å². The third kappa shape index (κ3) is 5.14. The molecule has 1 aliphatic carbocycles. The second-order valence-electron chi connectivity index (χ2n) is 8.42. The third-order valence-electron chi connectivity index (χ3n) is 6.13. The predicted molar refractivity (Wildman–Crippen MR) is 113 cm³/mol. The number of pyridine rings is 1. The Balaban J connectivity index is 1.58. The van der Waals surface area contributed by atoms with Gasteiger partial charge < -0.3 is 4.57 Å². The van der Waals surface area contributed by atoms with Gasteiger partial charge in [-0.3, -0.25) is 4.98 Å². The molecule has 0 N–H and O–H groups in total. The lowest BCUT2D eigenvalue weighted by atomic mass is 9.89. The number of halogens is 3. The van der Waals surface area contributed by atoms with Gasteiger partial charge in [-0.1, -0.05) is 37.5 Å². The van der Waals surface area contributed by atoms with E-state index in [1.54, 1.807) is 18.3 Å². The zero-order valence-electron chi connectivity index (χ0n) is 17.7. The lowest BCUT2D eigenvalue weighted by Gasteiger charge is -2.23. The molecule has 1 fully saturated rings. The quantitative estimate of drug-likeness (QED) is 0.481. The Morgan fingerprint density at radius 3 is 2.52 bits per heavy atom. The van der Waals surface area contributed by atoms with Gasteiger partial charge in [-0.25, -0.2) is 0 Å². The molecule has 2 heterocycles. The summed E-state index contributed by atoms with van der Waals surface area (Å²) in [5.74, 6) is 2.11. The summed E-state index contributed by atoms with van der Waals surface area (Å²) in [6, 6.07) is 10.3. The average Bonchev–Trinajstić information content (AvgIpc) is 3.16. The molecule has 31 heavy (non-hydrogen) atoms. The minimum atomic E-state index is -4.34. The van der Waals surface area contributed by atoms with Gasteiger partial charge in [-0.2, -0.15) is 13.2 Å². The first kappa shape index (κ1) is 21.5. The highest BCUT2D eigenvalue weighted by Gasteiger charge is 2.32. The van der Waals surface area contributed by atoms with E-state index in [0.717, 1.165) is 23.9 Å². The van der Waals surface area contributed by atoms with Crippen LogP contribution >= 0.6 is 0 Å². The van der Waals surface area contributed by atoms with Crippen molar-refractivity contribution in [1.82, 2.24) is 19.7 Å². The fourth-order valence-corrected chi connectivity index (χ4v) is 4.41. The second-order valence-corrected chi connectivity index (χ2v) is 8.42. The number of rotatable bonds is 6. The van der Waals surface area contributed by atoms with Crippen LogP contribution in [0.5, 0.6) is 0 Å². The first-order chi connectivity index (χ1) is 14.9. The van der Waals surface area contributed by atoms with Gasteiger partial charge in [0.1, 0.15) is 11.5 Å². The van der Waals surface area contributed by atoms with Crippen molar-refractivity contribution in [2.45, 2.75) is 64.6 Å². The number of benzene rings is 1. The molecule has 1 aromatic carbocycles. The van der Waals surface area contributed by atoms with Gasteiger partial charge in [0.15, 0.2) is 5.82 Å². The molecule has 4 nitrogen and oxygen atoms in total. The minimum absolute atomic E-state index is 0.245. The molecule has 0 saturated heterocycles. The smallest absolute Gasteiger partial charge is 0.309 e. The van der Waals surface area contributed by atoms with E-state index in [0.29, 0.717) is 24.3 Å². The maximum absolute atomic E-state index is 13.3. The highest BCUT2D eigenvalue weighted by molar-refractivity contribution is 5.49. The molecular weight excluding hydrogens is 401 g/mol. The van der Waals surface area contributed by atoms with E-state index in [2.05, 4.69) is 19.7 Å². The zero-order chi connectivity index (χ0) is 21.8. The maximum atomic E-state index is 13.3. The predicted octanol–water partition coefficient (Wildman–Crippen LogP) is 6.03. The standard InChI is InChI=1S/C24H27F3N4/c1-17-10-11-18(15-20(17)24(25,26)27)12-13-22-29-30-23(21-9-5-6-14-28-21)31(22)16-19-7-3-2-4-8-19/h5-6,9-11,14-15,19H,2-4,7-8,12-13,16H2,1H3. The van der Waals surface area contributed by atoms with Crippen LogP contribution in [0.2, 0.25) is 0 Å². The van der Waals surface area contributed by atoms with Crippen molar-refractivity contribution in [2.75, 3.05) is 0 Å². The van der Waals surface area contributed by atoms with E-state index in [9.17, 15) is 13.2 Å². The molecule has 4 rings (SSSR count). The van der Waals surface area contributed by atoms with Gasteiger partial charge in [-0.15, -0.1) is 10.2 Å². The van der Waals surface area contributed by atoms with Crippen molar-refractivity contribution in [1.29, 1.82) is 0 Å². The Hall–Kier alpha value is -2.70. The molecule has 0 aliphatic heterocycles. The van der Waals surface area contributed by atoms with Crippen LogP contribution in [0.15, 0.2) is 42.6 Å². The monoisotopic (exact) mass is 428 g/mol. The number of hydrogen-bond donors (Lipinski definition) is 0. The second kappa shape index (κ2) is 9.20. The van der Waals surface area contributed by atoms with Crippen LogP contribution in [0.1, 0.15) is 54.6 Å². The Morgan fingerprint density at radius 2 is 1.81 bits per heavy atom. The van der Waals surface area contributed by atoms with Crippen LogP contribution < -0.4 is 0 Å². The number of hydrogen-bond acceptors (Lipinski definition) is 3. The molecule has 0 spiro atoms. The van der Waals surface area contributed by atoms with Crippen molar-refractivity contribution in [3.63, 3.8) is 0 Å². The molecule has 1 saturated carbocycles. The van der Waals surface area contributed by atoms with E-state index in [1.165, 1.54) is 45.1 Å². The van der Waals surface area contributed by atoms with Crippen LogP contribution in [0.25, 0.3) is 11.5 Å². The average molecular weight is 429 g/mol. The Labute approximate surface area is 180 Å². The van der Waals surface area contributed by atoms with Gasteiger partial charge in [0.2, 0.25) is 0 Å².